The third-order valence-corrected chi connectivity index (χ3v) is 4.22. The fourth-order valence-electron chi connectivity index (χ4n) is 2.46. The minimum Gasteiger partial charge on any atom is -0.496 e. The van der Waals surface area contributed by atoms with Crippen molar-refractivity contribution in [1.82, 2.24) is 0 Å². The van der Waals surface area contributed by atoms with E-state index in [9.17, 15) is 4.79 Å². The average Bonchev–Trinajstić information content (AvgIpc) is 2.60. The highest BCUT2D eigenvalue weighted by molar-refractivity contribution is 9.10. The molecule has 2 aromatic rings. The van der Waals surface area contributed by atoms with Crippen LogP contribution in [0.3, 0.4) is 0 Å². The number of methoxy groups -OCH3 is 2. The van der Waals surface area contributed by atoms with Crippen molar-refractivity contribution >= 4 is 27.8 Å². The van der Waals surface area contributed by atoms with Gasteiger partial charge in [0.2, 0.25) is 0 Å². The van der Waals surface area contributed by atoms with Crippen LogP contribution in [0, 0.1) is 0 Å². The molecule has 0 radical (unpaired) electrons. The summed E-state index contributed by atoms with van der Waals surface area (Å²) in [5.74, 6) is 1.49. The first-order valence-corrected chi connectivity index (χ1v) is 8.61. The fraction of sp³-hybridized carbons (Fsp3) is 0.250. The van der Waals surface area contributed by atoms with Gasteiger partial charge in [-0.05, 0) is 60.5 Å². The van der Waals surface area contributed by atoms with Crippen molar-refractivity contribution < 1.29 is 14.3 Å². The predicted octanol–water partition coefficient (Wildman–Crippen LogP) is 5.31. The molecule has 0 saturated heterocycles. The molecule has 0 spiro atoms. The number of ether oxygens (including phenoxy) is 2. The van der Waals surface area contributed by atoms with Gasteiger partial charge < -0.3 is 9.47 Å². The van der Waals surface area contributed by atoms with E-state index < -0.39 is 0 Å². The average molecular weight is 389 g/mol. The van der Waals surface area contributed by atoms with Crippen LogP contribution in [0.25, 0.3) is 6.08 Å². The normalized spacial score (nSPS) is 10.8. The zero-order valence-corrected chi connectivity index (χ0v) is 15.7. The summed E-state index contributed by atoms with van der Waals surface area (Å²) in [6.45, 7) is 2.12. The van der Waals surface area contributed by atoms with E-state index in [0.29, 0.717) is 5.56 Å². The van der Waals surface area contributed by atoms with E-state index in [-0.39, 0.29) is 5.78 Å². The molecule has 0 fully saturated rings. The summed E-state index contributed by atoms with van der Waals surface area (Å²) in [5.41, 5.74) is 2.57. The van der Waals surface area contributed by atoms with E-state index in [0.717, 1.165) is 39.9 Å². The minimum atomic E-state index is -0.0545. The molecule has 0 amide bonds. The highest BCUT2D eigenvalue weighted by Gasteiger charge is 2.10. The van der Waals surface area contributed by atoms with Gasteiger partial charge in [-0.3, -0.25) is 4.79 Å². The molecule has 0 atom stereocenters. The van der Waals surface area contributed by atoms with Crippen molar-refractivity contribution in [1.29, 1.82) is 0 Å². The Hall–Kier alpha value is -2.07. The van der Waals surface area contributed by atoms with Crippen LogP contribution in [0.2, 0.25) is 0 Å². The van der Waals surface area contributed by atoms with Crippen molar-refractivity contribution in [3.8, 4) is 11.5 Å². The van der Waals surface area contributed by atoms with Crippen LogP contribution >= 0.6 is 15.9 Å². The van der Waals surface area contributed by atoms with Gasteiger partial charge in [0.15, 0.2) is 5.78 Å². The first-order valence-electron chi connectivity index (χ1n) is 7.82. The van der Waals surface area contributed by atoms with Gasteiger partial charge in [0.05, 0.1) is 14.2 Å². The van der Waals surface area contributed by atoms with Gasteiger partial charge in [-0.2, -0.15) is 0 Å². The molecule has 0 bridgehead atoms. The maximum Gasteiger partial charge on any atom is 0.185 e. The van der Waals surface area contributed by atoms with Crippen molar-refractivity contribution in [2.24, 2.45) is 0 Å². The second-order valence-corrected chi connectivity index (χ2v) is 6.28. The van der Waals surface area contributed by atoms with E-state index in [4.69, 9.17) is 9.47 Å². The molecule has 4 heteroatoms. The molecular formula is C20H21BrO3. The number of rotatable bonds is 7. The SMILES string of the molecule is CCCc1cc(OC)c(/C=C/C(=O)c2ccc(Br)cc2)cc1OC. The standard InChI is InChI=1S/C20H21BrO3/c1-4-5-15-12-20(24-3)16(13-19(15)23-2)8-11-18(22)14-6-9-17(21)10-7-14/h6-13H,4-5H2,1-3H3/b11-8+. The summed E-state index contributed by atoms with van der Waals surface area (Å²) in [6.07, 6.45) is 5.26. The Morgan fingerprint density at radius 3 is 2.33 bits per heavy atom. The summed E-state index contributed by atoms with van der Waals surface area (Å²) < 4.78 is 11.9. The zero-order valence-electron chi connectivity index (χ0n) is 14.1. The quantitative estimate of drug-likeness (QED) is 0.475. The smallest absolute Gasteiger partial charge is 0.185 e. The zero-order chi connectivity index (χ0) is 17.5. The predicted molar refractivity (Wildman–Crippen MR) is 101 cm³/mol. The van der Waals surface area contributed by atoms with Crippen LogP contribution in [0.5, 0.6) is 11.5 Å². The number of ketones is 1. The molecule has 0 aliphatic carbocycles. The Kier molecular flexibility index (Phi) is 6.62. The largest absolute Gasteiger partial charge is 0.496 e. The van der Waals surface area contributed by atoms with E-state index in [2.05, 4.69) is 22.9 Å². The molecule has 0 saturated carbocycles. The molecule has 0 N–H and O–H groups in total. The number of hydrogen-bond donors (Lipinski definition) is 0. The molecule has 3 nitrogen and oxygen atoms in total. The Labute approximate surface area is 151 Å². The highest BCUT2D eigenvalue weighted by atomic mass is 79.9. The lowest BCUT2D eigenvalue weighted by Crippen LogP contribution is -1.97. The molecule has 24 heavy (non-hydrogen) atoms. The van der Waals surface area contributed by atoms with Crippen LogP contribution in [0.15, 0.2) is 46.9 Å². The van der Waals surface area contributed by atoms with Crippen LogP contribution in [0.1, 0.15) is 34.8 Å². The summed E-state index contributed by atoms with van der Waals surface area (Å²) in [5, 5.41) is 0. The molecule has 0 heterocycles. The van der Waals surface area contributed by atoms with Crippen LogP contribution < -0.4 is 9.47 Å². The summed E-state index contributed by atoms with van der Waals surface area (Å²) in [6, 6.07) is 11.2. The number of benzene rings is 2. The van der Waals surface area contributed by atoms with Gasteiger partial charge in [0.25, 0.3) is 0 Å². The van der Waals surface area contributed by atoms with Crippen molar-refractivity contribution in [3.63, 3.8) is 0 Å². The second-order valence-electron chi connectivity index (χ2n) is 5.36. The third kappa shape index (κ3) is 4.48. The third-order valence-electron chi connectivity index (χ3n) is 3.70. The second kappa shape index (κ2) is 8.69. The molecule has 2 aromatic carbocycles. The number of allylic oxidation sites excluding steroid dienone is 1. The summed E-state index contributed by atoms with van der Waals surface area (Å²) in [7, 11) is 3.28. The molecular weight excluding hydrogens is 368 g/mol. The fourth-order valence-corrected chi connectivity index (χ4v) is 2.72. The Morgan fingerprint density at radius 1 is 1.08 bits per heavy atom. The van der Waals surface area contributed by atoms with Gasteiger partial charge in [-0.25, -0.2) is 0 Å². The lowest BCUT2D eigenvalue weighted by Gasteiger charge is -2.12. The molecule has 2 rings (SSSR count). The number of halogens is 1. The van der Waals surface area contributed by atoms with Crippen molar-refractivity contribution in [2.45, 2.75) is 19.8 Å². The van der Waals surface area contributed by atoms with Gasteiger partial charge in [0, 0.05) is 15.6 Å². The Balaban J connectivity index is 2.30. The first kappa shape index (κ1) is 18.3. The van der Waals surface area contributed by atoms with Gasteiger partial charge >= 0.3 is 0 Å². The highest BCUT2D eigenvalue weighted by Crippen LogP contribution is 2.30. The van der Waals surface area contributed by atoms with Gasteiger partial charge in [-0.15, -0.1) is 0 Å². The molecule has 0 unspecified atom stereocenters. The van der Waals surface area contributed by atoms with E-state index in [1.807, 2.05) is 24.3 Å². The molecule has 0 aromatic heterocycles. The summed E-state index contributed by atoms with van der Waals surface area (Å²) >= 11 is 3.36. The van der Waals surface area contributed by atoms with E-state index >= 15 is 0 Å². The van der Waals surface area contributed by atoms with Crippen LogP contribution in [-0.2, 0) is 6.42 Å². The number of carbonyl (C=O) groups excluding carboxylic acids is 1. The summed E-state index contributed by atoms with van der Waals surface area (Å²) in [4.78, 5) is 12.3. The van der Waals surface area contributed by atoms with Gasteiger partial charge in [0.1, 0.15) is 11.5 Å². The molecule has 0 aliphatic rings. The maximum atomic E-state index is 12.3. The van der Waals surface area contributed by atoms with Gasteiger partial charge in [-0.1, -0.05) is 29.3 Å². The molecule has 126 valence electrons. The van der Waals surface area contributed by atoms with Crippen LogP contribution in [0.4, 0.5) is 0 Å². The van der Waals surface area contributed by atoms with E-state index in [1.165, 1.54) is 0 Å². The number of hydrogen-bond acceptors (Lipinski definition) is 3. The lowest BCUT2D eigenvalue weighted by atomic mass is 10.0. The monoisotopic (exact) mass is 388 g/mol. The van der Waals surface area contributed by atoms with E-state index in [1.54, 1.807) is 38.5 Å². The number of carbonyl (C=O) groups is 1. The molecule has 0 aliphatic heterocycles. The lowest BCUT2D eigenvalue weighted by molar-refractivity contribution is 0.104. The first-order chi connectivity index (χ1) is 11.6. The topological polar surface area (TPSA) is 35.5 Å². The minimum absolute atomic E-state index is 0.0545. The Morgan fingerprint density at radius 2 is 1.75 bits per heavy atom. The van der Waals surface area contributed by atoms with Crippen molar-refractivity contribution in [2.75, 3.05) is 14.2 Å². The maximum absolute atomic E-state index is 12.3. The number of aryl methyl sites for hydroxylation is 1. The van der Waals surface area contributed by atoms with Crippen LogP contribution in [-0.4, -0.2) is 20.0 Å². The van der Waals surface area contributed by atoms with Crippen molar-refractivity contribution in [3.05, 3.63) is 63.6 Å². The Bertz CT molecular complexity index is 733.